The lowest BCUT2D eigenvalue weighted by Crippen LogP contribution is -2.26. The van der Waals surface area contributed by atoms with Crippen LogP contribution in [0.1, 0.15) is 22.6 Å². The lowest BCUT2D eigenvalue weighted by Gasteiger charge is -2.27. The molecule has 0 radical (unpaired) electrons. The van der Waals surface area contributed by atoms with Crippen LogP contribution < -0.4 is 16.0 Å². The van der Waals surface area contributed by atoms with Gasteiger partial charge in [0.15, 0.2) is 0 Å². The monoisotopic (exact) mass is 395 g/mol. The molecule has 0 saturated heterocycles. The predicted molar refractivity (Wildman–Crippen MR) is 110 cm³/mol. The zero-order valence-corrected chi connectivity index (χ0v) is 15.5. The Kier molecular flexibility index (Phi) is 3.43. The predicted octanol–water partition coefficient (Wildman–Crippen LogP) is 4.58. The zero-order chi connectivity index (χ0) is 20.2. The second-order valence-electron chi connectivity index (χ2n) is 7.08. The number of rotatable bonds is 1. The largest absolute Gasteiger partial charge is 0.455 e. The van der Waals surface area contributed by atoms with Gasteiger partial charge in [0.25, 0.3) is 0 Å². The second kappa shape index (κ2) is 6.15. The van der Waals surface area contributed by atoms with E-state index in [1.54, 1.807) is 42.7 Å². The second-order valence-corrected chi connectivity index (χ2v) is 7.08. The van der Waals surface area contributed by atoms with Gasteiger partial charge in [-0.25, -0.2) is 9.59 Å². The summed E-state index contributed by atoms with van der Waals surface area (Å²) in [6.07, 6.45) is 3.27. The maximum absolute atomic E-state index is 13.0. The summed E-state index contributed by atoms with van der Waals surface area (Å²) in [7, 11) is 0. The van der Waals surface area contributed by atoms with Gasteiger partial charge in [0.2, 0.25) is 0 Å². The minimum absolute atomic E-state index is 0.261. The molecule has 6 nitrogen and oxygen atoms in total. The third-order valence-electron chi connectivity index (χ3n) is 5.40. The number of pyridine rings is 1. The quantitative estimate of drug-likeness (QED) is 0.379. The van der Waals surface area contributed by atoms with E-state index in [0.717, 1.165) is 0 Å². The van der Waals surface area contributed by atoms with Crippen molar-refractivity contribution in [2.24, 2.45) is 0 Å². The smallest absolute Gasteiger partial charge is 0.344 e. The molecule has 0 bridgehead atoms. The van der Waals surface area contributed by atoms with E-state index < -0.39 is 17.2 Å². The van der Waals surface area contributed by atoms with E-state index in [1.165, 1.54) is 0 Å². The first-order chi connectivity index (χ1) is 14.7. The molecule has 4 heterocycles. The van der Waals surface area contributed by atoms with E-state index in [-0.39, 0.29) is 11.1 Å². The Hall–Kier alpha value is -4.19. The molecule has 0 aliphatic carbocycles. The average Bonchev–Trinajstić information content (AvgIpc) is 2.78. The Balaban J connectivity index is 1.81. The number of benzene rings is 2. The van der Waals surface area contributed by atoms with Crippen molar-refractivity contribution >= 4 is 21.9 Å². The Bertz CT molecular complexity index is 1470. The fourth-order valence-electron chi connectivity index (χ4n) is 4.12. The molecule has 3 aromatic heterocycles. The van der Waals surface area contributed by atoms with Gasteiger partial charge in [-0.15, -0.1) is 0 Å². The molecule has 0 N–H and O–H groups in total. The number of hydrogen-bond acceptors (Lipinski definition) is 6. The zero-order valence-electron chi connectivity index (χ0n) is 15.5. The van der Waals surface area contributed by atoms with Crippen molar-refractivity contribution < 1.29 is 13.6 Å². The van der Waals surface area contributed by atoms with Crippen LogP contribution in [0.5, 0.6) is 11.5 Å². The Morgan fingerprint density at radius 2 is 1.27 bits per heavy atom. The third kappa shape index (κ3) is 2.27. The van der Waals surface area contributed by atoms with Crippen molar-refractivity contribution in [1.29, 1.82) is 0 Å². The van der Waals surface area contributed by atoms with Crippen molar-refractivity contribution in [2.45, 2.75) is 5.92 Å². The van der Waals surface area contributed by atoms with Gasteiger partial charge in [0.1, 0.15) is 22.7 Å². The molecule has 6 rings (SSSR count). The van der Waals surface area contributed by atoms with Crippen LogP contribution >= 0.6 is 0 Å². The lowest BCUT2D eigenvalue weighted by molar-refractivity contribution is 0.429. The van der Waals surface area contributed by atoms with Crippen molar-refractivity contribution in [1.82, 2.24) is 4.98 Å². The molecule has 5 aromatic rings. The van der Waals surface area contributed by atoms with Crippen LogP contribution in [0, 0.1) is 0 Å². The van der Waals surface area contributed by atoms with E-state index in [4.69, 9.17) is 13.6 Å². The summed E-state index contributed by atoms with van der Waals surface area (Å²) >= 11 is 0. The SMILES string of the molecule is O=c1oc2ccccc2c2c1C(c1cccnc1)c1c(c3ccccc3oc1=O)O2. The number of hydrogen-bond donors (Lipinski definition) is 0. The molecule has 1 aliphatic rings. The van der Waals surface area contributed by atoms with E-state index in [2.05, 4.69) is 4.98 Å². The number of ether oxygens (including phenoxy) is 1. The van der Waals surface area contributed by atoms with Crippen LogP contribution in [0.15, 0.2) is 91.5 Å². The van der Waals surface area contributed by atoms with E-state index in [9.17, 15) is 9.59 Å². The Labute approximate surface area is 169 Å². The summed E-state index contributed by atoms with van der Waals surface area (Å²) in [6, 6.07) is 17.9. The first-order valence-corrected chi connectivity index (χ1v) is 9.41. The summed E-state index contributed by atoms with van der Waals surface area (Å²) in [5.41, 5.74) is 0.914. The highest BCUT2D eigenvalue weighted by atomic mass is 16.5. The molecule has 144 valence electrons. The van der Waals surface area contributed by atoms with E-state index >= 15 is 0 Å². The number of fused-ring (bicyclic) bond motifs is 6. The number of para-hydroxylation sites is 2. The fraction of sp³-hybridized carbons (Fsp3) is 0.0417. The van der Waals surface area contributed by atoms with Crippen LogP contribution in [0.4, 0.5) is 0 Å². The highest BCUT2D eigenvalue weighted by Gasteiger charge is 2.38. The van der Waals surface area contributed by atoms with Gasteiger partial charge in [-0.05, 0) is 35.9 Å². The van der Waals surface area contributed by atoms with Gasteiger partial charge < -0.3 is 13.6 Å². The van der Waals surface area contributed by atoms with Gasteiger partial charge in [-0.2, -0.15) is 0 Å². The summed E-state index contributed by atoms with van der Waals surface area (Å²) in [6.45, 7) is 0. The normalized spacial score (nSPS) is 13.1. The number of nitrogens with zero attached hydrogens (tertiary/aromatic N) is 1. The van der Waals surface area contributed by atoms with Crippen LogP contribution in [-0.4, -0.2) is 4.98 Å². The first-order valence-electron chi connectivity index (χ1n) is 9.41. The fourth-order valence-corrected chi connectivity index (χ4v) is 4.12. The van der Waals surface area contributed by atoms with Crippen LogP contribution in [0.3, 0.4) is 0 Å². The Morgan fingerprint density at radius 3 is 1.80 bits per heavy atom. The van der Waals surface area contributed by atoms with Gasteiger partial charge in [0, 0.05) is 12.4 Å². The van der Waals surface area contributed by atoms with E-state index in [1.807, 2.05) is 30.3 Å². The van der Waals surface area contributed by atoms with Gasteiger partial charge >= 0.3 is 11.3 Å². The molecule has 1 aliphatic heterocycles. The van der Waals surface area contributed by atoms with Gasteiger partial charge in [-0.3, -0.25) is 4.98 Å². The number of aromatic nitrogens is 1. The summed E-state index contributed by atoms with van der Waals surface area (Å²) in [5, 5.41) is 1.31. The first kappa shape index (κ1) is 16.7. The summed E-state index contributed by atoms with van der Waals surface area (Å²) in [4.78, 5) is 30.3. The van der Waals surface area contributed by atoms with Gasteiger partial charge in [0.05, 0.1) is 27.8 Å². The maximum atomic E-state index is 13.0. The summed E-state index contributed by atoms with van der Waals surface area (Å²) < 4.78 is 17.4. The standard InChI is InChI=1S/C24H13NO5/c26-23-19-18(13-6-5-11-25-12-13)20-22(15-8-2-4-10-17(15)29-24(20)27)30-21(19)14-7-1-3-9-16(14)28-23/h1-12,18H. The molecule has 2 aromatic carbocycles. The topological polar surface area (TPSA) is 82.5 Å². The Morgan fingerprint density at radius 1 is 0.700 bits per heavy atom. The van der Waals surface area contributed by atoms with Crippen molar-refractivity contribution in [3.8, 4) is 11.5 Å². The molecular weight excluding hydrogens is 382 g/mol. The average molecular weight is 395 g/mol. The highest BCUT2D eigenvalue weighted by Crippen LogP contribution is 2.49. The molecule has 30 heavy (non-hydrogen) atoms. The molecular formula is C24H13NO5. The maximum Gasteiger partial charge on any atom is 0.344 e. The minimum atomic E-state index is -0.723. The van der Waals surface area contributed by atoms with E-state index in [0.29, 0.717) is 39.0 Å². The molecule has 0 atom stereocenters. The molecule has 0 spiro atoms. The van der Waals surface area contributed by atoms with Crippen molar-refractivity contribution in [3.05, 3.63) is 111 Å². The molecule has 0 unspecified atom stereocenters. The lowest BCUT2D eigenvalue weighted by atomic mass is 9.84. The molecule has 0 amide bonds. The summed E-state index contributed by atoms with van der Waals surface area (Å²) in [5.74, 6) is 0.0528. The van der Waals surface area contributed by atoms with Crippen molar-refractivity contribution in [3.63, 3.8) is 0 Å². The molecule has 0 fully saturated rings. The molecule has 0 saturated carbocycles. The van der Waals surface area contributed by atoms with Crippen LogP contribution in [-0.2, 0) is 0 Å². The minimum Gasteiger partial charge on any atom is -0.455 e. The van der Waals surface area contributed by atoms with Crippen LogP contribution in [0.2, 0.25) is 0 Å². The van der Waals surface area contributed by atoms with Crippen molar-refractivity contribution in [2.75, 3.05) is 0 Å². The van der Waals surface area contributed by atoms with Gasteiger partial charge in [-0.1, -0.05) is 30.3 Å². The van der Waals surface area contributed by atoms with Crippen LogP contribution in [0.25, 0.3) is 21.9 Å². The third-order valence-corrected chi connectivity index (χ3v) is 5.40. The molecule has 6 heteroatoms. The highest BCUT2D eigenvalue weighted by molar-refractivity contribution is 5.90.